The molecule has 0 aliphatic carbocycles. The molecule has 1 atom stereocenters. The van der Waals surface area contributed by atoms with Gasteiger partial charge in [0.25, 0.3) is 5.91 Å². The Kier molecular flexibility index (Phi) is 4.32. The Bertz CT molecular complexity index is 1210. The standard InChI is InChI=1S/C22H24N6O/c1-14-4-3-7-28(14)13-18-9-16-11-23-21(10-19(16)25-18)26-22(29)15-5-6-20-17(8-15)12-24-27(20)2/h5-6,8-12,14,25H,3-4,7,13H2,1-2H3,(H,23,26,29)/t14-/m0/s1. The minimum absolute atomic E-state index is 0.180. The van der Waals surface area contributed by atoms with Crippen molar-refractivity contribution in [3.05, 3.63) is 54.0 Å². The van der Waals surface area contributed by atoms with Crippen LogP contribution in [-0.2, 0) is 13.6 Å². The van der Waals surface area contributed by atoms with Crippen LogP contribution in [0.2, 0.25) is 0 Å². The summed E-state index contributed by atoms with van der Waals surface area (Å²) in [7, 11) is 1.89. The third-order valence-corrected chi connectivity index (χ3v) is 5.87. The molecule has 4 aromatic rings. The van der Waals surface area contributed by atoms with Crippen LogP contribution in [0.25, 0.3) is 21.8 Å². The summed E-state index contributed by atoms with van der Waals surface area (Å²) >= 11 is 0. The van der Waals surface area contributed by atoms with Gasteiger partial charge in [0.05, 0.1) is 17.2 Å². The molecule has 7 nitrogen and oxygen atoms in total. The quantitative estimate of drug-likeness (QED) is 0.559. The number of nitrogens with zero attached hydrogens (tertiary/aromatic N) is 4. The number of carbonyl (C=O) groups is 1. The topological polar surface area (TPSA) is 78.8 Å². The van der Waals surface area contributed by atoms with E-state index in [4.69, 9.17) is 0 Å². The van der Waals surface area contributed by atoms with Crippen LogP contribution in [0.3, 0.4) is 0 Å². The number of aromatic nitrogens is 4. The van der Waals surface area contributed by atoms with Gasteiger partial charge in [0.1, 0.15) is 5.82 Å². The summed E-state index contributed by atoms with van der Waals surface area (Å²) in [4.78, 5) is 23.1. The van der Waals surface area contributed by atoms with Gasteiger partial charge in [0, 0.05) is 53.9 Å². The van der Waals surface area contributed by atoms with Gasteiger partial charge >= 0.3 is 0 Å². The number of rotatable bonds is 4. The molecule has 2 N–H and O–H groups in total. The third kappa shape index (κ3) is 3.38. The summed E-state index contributed by atoms with van der Waals surface area (Å²) in [6.07, 6.45) is 6.10. The highest BCUT2D eigenvalue weighted by molar-refractivity contribution is 6.06. The number of amides is 1. The molecule has 0 spiro atoms. The third-order valence-electron chi connectivity index (χ3n) is 5.87. The lowest BCUT2D eigenvalue weighted by atomic mass is 10.1. The zero-order valence-electron chi connectivity index (χ0n) is 16.6. The lowest BCUT2D eigenvalue weighted by Crippen LogP contribution is -2.26. The first kappa shape index (κ1) is 17.9. The lowest BCUT2D eigenvalue weighted by Gasteiger charge is -2.19. The number of fused-ring (bicyclic) bond motifs is 2. The molecular formula is C22H24N6O. The van der Waals surface area contributed by atoms with Crippen LogP contribution < -0.4 is 5.32 Å². The largest absolute Gasteiger partial charge is 0.357 e. The molecule has 1 fully saturated rings. The average Bonchev–Trinajstić information content (AvgIpc) is 3.41. The highest BCUT2D eigenvalue weighted by Crippen LogP contribution is 2.23. The Morgan fingerprint density at radius 2 is 2.14 bits per heavy atom. The Morgan fingerprint density at radius 3 is 2.97 bits per heavy atom. The summed E-state index contributed by atoms with van der Waals surface area (Å²) in [6.45, 7) is 4.35. The van der Waals surface area contributed by atoms with Gasteiger partial charge < -0.3 is 10.3 Å². The molecule has 0 saturated carbocycles. The number of H-pyrrole nitrogens is 1. The zero-order valence-corrected chi connectivity index (χ0v) is 16.6. The normalized spacial score (nSPS) is 17.4. The molecule has 0 radical (unpaired) electrons. The number of pyridine rings is 1. The molecular weight excluding hydrogens is 364 g/mol. The van der Waals surface area contributed by atoms with E-state index in [1.165, 1.54) is 18.5 Å². The van der Waals surface area contributed by atoms with Gasteiger partial charge in [-0.15, -0.1) is 0 Å². The minimum Gasteiger partial charge on any atom is -0.357 e. The lowest BCUT2D eigenvalue weighted by molar-refractivity contribution is 0.102. The maximum absolute atomic E-state index is 12.7. The fourth-order valence-electron chi connectivity index (χ4n) is 4.18. The average molecular weight is 388 g/mol. The van der Waals surface area contributed by atoms with Crippen molar-refractivity contribution in [3.8, 4) is 0 Å². The molecule has 1 saturated heterocycles. The van der Waals surface area contributed by atoms with Crippen molar-refractivity contribution in [2.24, 2.45) is 7.05 Å². The molecule has 1 aliphatic heterocycles. The summed E-state index contributed by atoms with van der Waals surface area (Å²) in [5, 5.41) is 9.12. The smallest absolute Gasteiger partial charge is 0.256 e. The van der Waals surface area contributed by atoms with Crippen LogP contribution >= 0.6 is 0 Å². The number of aromatic amines is 1. The van der Waals surface area contributed by atoms with E-state index in [1.54, 1.807) is 10.9 Å². The molecule has 3 aromatic heterocycles. The van der Waals surface area contributed by atoms with Crippen molar-refractivity contribution in [2.75, 3.05) is 11.9 Å². The van der Waals surface area contributed by atoms with Gasteiger partial charge in [0.2, 0.25) is 0 Å². The predicted molar refractivity (Wildman–Crippen MR) is 114 cm³/mol. The fraction of sp³-hybridized carbons (Fsp3) is 0.318. The maximum Gasteiger partial charge on any atom is 0.256 e. The number of likely N-dealkylation sites (tertiary alicyclic amines) is 1. The van der Waals surface area contributed by atoms with Crippen molar-refractivity contribution in [3.63, 3.8) is 0 Å². The molecule has 29 heavy (non-hydrogen) atoms. The van der Waals surface area contributed by atoms with E-state index in [9.17, 15) is 4.79 Å². The van der Waals surface area contributed by atoms with Gasteiger partial charge in [0.15, 0.2) is 0 Å². The fourth-order valence-corrected chi connectivity index (χ4v) is 4.18. The van der Waals surface area contributed by atoms with Crippen molar-refractivity contribution < 1.29 is 4.79 Å². The van der Waals surface area contributed by atoms with E-state index >= 15 is 0 Å². The molecule has 4 heterocycles. The van der Waals surface area contributed by atoms with E-state index in [0.29, 0.717) is 17.4 Å². The zero-order chi connectivity index (χ0) is 20.0. The number of anilines is 1. The van der Waals surface area contributed by atoms with Crippen LogP contribution in [-0.4, -0.2) is 43.1 Å². The van der Waals surface area contributed by atoms with Crippen LogP contribution in [0.5, 0.6) is 0 Å². The number of benzene rings is 1. The van der Waals surface area contributed by atoms with Crippen molar-refractivity contribution in [1.29, 1.82) is 0 Å². The summed E-state index contributed by atoms with van der Waals surface area (Å²) in [5.41, 5.74) is 3.75. The van der Waals surface area contributed by atoms with Crippen LogP contribution in [0.1, 0.15) is 35.8 Å². The Labute approximate surface area is 168 Å². The SMILES string of the molecule is C[C@H]1CCCN1Cc1cc2cnc(NC(=O)c3ccc4c(cnn4C)c3)cc2[nH]1. The molecule has 1 aromatic carbocycles. The maximum atomic E-state index is 12.7. The Hall–Kier alpha value is -3.19. The first-order valence-electron chi connectivity index (χ1n) is 10.0. The number of hydrogen-bond donors (Lipinski definition) is 2. The van der Waals surface area contributed by atoms with Gasteiger partial charge in [-0.25, -0.2) is 4.98 Å². The Morgan fingerprint density at radius 1 is 1.24 bits per heavy atom. The van der Waals surface area contributed by atoms with Crippen LogP contribution in [0.4, 0.5) is 5.82 Å². The molecule has 5 rings (SSSR count). The summed E-state index contributed by atoms with van der Waals surface area (Å²) in [6, 6.07) is 10.2. The van der Waals surface area contributed by atoms with Crippen molar-refractivity contribution in [2.45, 2.75) is 32.4 Å². The van der Waals surface area contributed by atoms with Crippen molar-refractivity contribution in [1.82, 2.24) is 24.6 Å². The first-order chi connectivity index (χ1) is 14.1. The molecule has 0 bridgehead atoms. The summed E-state index contributed by atoms with van der Waals surface area (Å²) < 4.78 is 1.79. The summed E-state index contributed by atoms with van der Waals surface area (Å²) in [5.74, 6) is 0.358. The van der Waals surface area contributed by atoms with Gasteiger partial charge in [-0.3, -0.25) is 14.4 Å². The number of nitrogens with one attached hydrogen (secondary N) is 2. The van der Waals surface area contributed by atoms with E-state index < -0.39 is 0 Å². The van der Waals surface area contributed by atoms with E-state index in [-0.39, 0.29) is 5.91 Å². The second kappa shape index (κ2) is 7.00. The predicted octanol–water partition coefficient (Wildman–Crippen LogP) is 3.69. The highest BCUT2D eigenvalue weighted by atomic mass is 16.1. The molecule has 1 aliphatic rings. The van der Waals surface area contributed by atoms with Crippen molar-refractivity contribution >= 4 is 33.5 Å². The highest BCUT2D eigenvalue weighted by Gasteiger charge is 2.20. The van der Waals surface area contributed by atoms with Gasteiger partial charge in [-0.2, -0.15) is 5.10 Å². The van der Waals surface area contributed by atoms with E-state index in [2.05, 4.69) is 38.3 Å². The van der Waals surface area contributed by atoms with E-state index in [1.807, 2.05) is 37.5 Å². The monoisotopic (exact) mass is 388 g/mol. The second-order valence-electron chi connectivity index (χ2n) is 7.91. The van der Waals surface area contributed by atoms with Crippen LogP contribution in [0, 0.1) is 0 Å². The Balaban J connectivity index is 1.34. The molecule has 1 amide bonds. The first-order valence-corrected chi connectivity index (χ1v) is 10.0. The van der Waals surface area contributed by atoms with E-state index in [0.717, 1.165) is 34.9 Å². The molecule has 7 heteroatoms. The van der Waals surface area contributed by atoms with Crippen LogP contribution in [0.15, 0.2) is 42.7 Å². The molecule has 0 unspecified atom stereocenters. The second-order valence-corrected chi connectivity index (χ2v) is 7.91. The minimum atomic E-state index is -0.180. The number of carbonyl (C=O) groups excluding carboxylic acids is 1. The van der Waals surface area contributed by atoms with Gasteiger partial charge in [-0.1, -0.05) is 0 Å². The number of hydrogen-bond acceptors (Lipinski definition) is 4. The number of aryl methyl sites for hydroxylation is 1. The van der Waals surface area contributed by atoms with Gasteiger partial charge in [-0.05, 0) is 50.6 Å². The molecule has 148 valence electrons.